The highest BCUT2D eigenvalue weighted by Gasteiger charge is 2.54. The van der Waals surface area contributed by atoms with Crippen LogP contribution in [-0.4, -0.2) is 63.5 Å². The second-order valence-corrected chi connectivity index (χ2v) is 14.1. The number of aromatic nitrogens is 2. The molecule has 0 spiro atoms. The maximum atomic E-state index is 13.7. The van der Waals surface area contributed by atoms with Gasteiger partial charge in [0.15, 0.2) is 5.78 Å². The minimum Gasteiger partial charge on any atom is -0.498 e. The van der Waals surface area contributed by atoms with Crippen molar-refractivity contribution in [3.63, 3.8) is 0 Å². The number of nitrogens with one attached hydrogen (secondary N) is 2. The Kier molecular flexibility index (Phi) is 10.6. The van der Waals surface area contributed by atoms with Crippen LogP contribution in [0.25, 0.3) is 6.08 Å². The number of aryl methyl sites for hydroxylation is 2. The fraction of sp³-hybridized carbons (Fsp3) is 0.735. The SMILES string of the molecule is CCOC1=Cc2[nH]c(=O)c(CCCCCC3CC3(C)OC(=O)NC(C(=O)N3CCC(C)C3C(=O)CC)C(C)(C)C)nc2CC1. The summed E-state index contributed by atoms with van der Waals surface area (Å²) in [6, 6.07) is -1.23. The first kappa shape index (κ1) is 33.7. The van der Waals surface area contributed by atoms with Crippen molar-refractivity contribution >= 4 is 23.9 Å². The molecule has 3 aliphatic rings. The van der Waals surface area contributed by atoms with E-state index in [0.717, 1.165) is 68.5 Å². The molecule has 5 unspecified atom stereocenters. The number of likely N-dealkylation sites (tertiary alicyclic amines) is 1. The molecule has 2 amide bonds. The van der Waals surface area contributed by atoms with E-state index in [-0.39, 0.29) is 29.1 Å². The van der Waals surface area contributed by atoms with Gasteiger partial charge in [0.05, 0.1) is 29.8 Å². The highest BCUT2D eigenvalue weighted by molar-refractivity contribution is 5.93. The number of hydrogen-bond acceptors (Lipinski definition) is 7. The molecule has 2 aliphatic carbocycles. The van der Waals surface area contributed by atoms with E-state index < -0.39 is 29.2 Å². The van der Waals surface area contributed by atoms with Crippen LogP contribution in [0.15, 0.2) is 10.6 Å². The minimum atomic E-state index is -0.795. The van der Waals surface area contributed by atoms with Gasteiger partial charge >= 0.3 is 6.09 Å². The average Bonchev–Trinajstić information content (AvgIpc) is 3.42. The monoisotopic (exact) mass is 612 g/mol. The Bertz CT molecular complexity index is 1310. The number of carbonyl (C=O) groups excluding carboxylic acids is 3. The summed E-state index contributed by atoms with van der Waals surface area (Å²) in [5.41, 5.74) is 1.03. The molecule has 4 rings (SSSR count). The molecular formula is C34H52N4O6. The fourth-order valence-corrected chi connectivity index (χ4v) is 6.68. The molecule has 10 heteroatoms. The van der Waals surface area contributed by atoms with Crippen molar-refractivity contribution in [2.45, 2.75) is 130 Å². The van der Waals surface area contributed by atoms with E-state index in [0.29, 0.717) is 31.7 Å². The lowest BCUT2D eigenvalue weighted by Crippen LogP contribution is -2.57. The first-order valence-corrected chi connectivity index (χ1v) is 16.6. The van der Waals surface area contributed by atoms with Gasteiger partial charge in [-0.1, -0.05) is 47.5 Å². The molecule has 0 bridgehead atoms. The molecule has 2 N–H and O–H groups in total. The number of ketones is 1. The van der Waals surface area contributed by atoms with Crippen LogP contribution in [-0.2, 0) is 31.9 Å². The third-order valence-electron chi connectivity index (χ3n) is 9.52. The zero-order valence-corrected chi connectivity index (χ0v) is 27.7. The highest BCUT2D eigenvalue weighted by atomic mass is 16.6. The van der Waals surface area contributed by atoms with Crippen LogP contribution in [0.5, 0.6) is 0 Å². The van der Waals surface area contributed by atoms with Crippen LogP contribution in [0.4, 0.5) is 4.79 Å². The Hall–Kier alpha value is -3.17. The van der Waals surface area contributed by atoms with E-state index >= 15 is 0 Å². The van der Waals surface area contributed by atoms with Gasteiger partial charge in [0.25, 0.3) is 5.56 Å². The van der Waals surface area contributed by atoms with Gasteiger partial charge in [-0.25, -0.2) is 9.78 Å². The summed E-state index contributed by atoms with van der Waals surface area (Å²) in [5.74, 6) is 1.09. The summed E-state index contributed by atoms with van der Waals surface area (Å²) in [4.78, 5) is 61.2. The lowest BCUT2D eigenvalue weighted by molar-refractivity contribution is -0.142. The fourth-order valence-electron chi connectivity index (χ4n) is 6.68. The summed E-state index contributed by atoms with van der Waals surface area (Å²) >= 11 is 0. The van der Waals surface area contributed by atoms with Gasteiger partial charge in [-0.05, 0) is 63.7 Å². The summed E-state index contributed by atoms with van der Waals surface area (Å²) in [7, 11) is 0. The average molecular weight is 613 g/mol. The molecule has 1 aliphatic heterocycles. The number of alkyl carbamates (subject to hydrolysis) is 1. The Morgan fingerprint density at radius 2 is 1.93 bits per heavy atom. The van der Waals surface area contributed by atoms with Gasteiger partial charge in [0.2, 0.25) is 5.91 Å². The number of ether oxygens (including phenoxy) is 2. The zero-order valence-electron chi connectivity index (χ0n) is 27.7. The summed E-state index contributed by atoms with van der Waals surface area (Å²) < 4.78 is 11.5. The molecule has 1 saturated carbocycles. The molecule has 1 aromatic heterocycles. The second-order valence-electron chi connectivity index (χ2n) is 14.1. The molecular weight excluding hydrogens is 560 g/mol. The Balaban J connectivity index is 1.23. The normalized spacial score (nSPS) is 25.1. The smallest absolute Gasteiger partial charge is 0.408 e. The van der Waals surface area contributed by atoms with Gasteiger partial charge in [-0.15, -0.1) is 0 Å². The number of rotatable bonds is 13. The van der Waals surface area contributed by atoms with E-state index in [1.54, 1.807) is 4.90 Å². The van der Waals surface area contributed by atoms with Crippen LogP contribution in [0, 0.1) is 17.3 Å². The number of nitrogens with zero attached hydrogens (tertiary/aromatic N) is 2. The van der Waals surface area contributed by atoms with Crippen LogP contribution in [0.1, 0.15) is 117 Å². The van der Waals surface area contributed by atoms with Crippen molar-refractivity contribution in [2.75, 3.05) is 13.2 Å². The highest BCUT2D eigenvalue weighted by Crippen LogP contribution is 2.49. The number of fused-ring (bicyclic) bond motifs is 1. The number of allylic oxidation sites excluding steroid dienone is 1. The zero-order chi connectivity index (χ0) is 32.2. The topological polar surface area (TPSA) is 131 Å². The van der Waals surface area contributed by atoms with Crippen molar-refractivity contribution in [3.05, 3.63) is 33.2 Å². The lowest BCUT2D eigenvalue weighted by atomic mass is 9.85. The molecule has 0 aromatic carbocycles. The quantitative estimate of drug-likeness (QED) is 0.288. The number of unbranched alkanes of at least 4 members (excludes halogenated alkanes) is 2. The minimum absolute atomic E-state index is 0.0616. The number of H-pyrrole nitrogens is 1. The summed E-state index contributed by atoms with van der Waals surface area (Å²) in [6.45, 7) is 14.6. The molecule has 0 radical (unpaired) electrons. The second kappa shape index (κ2) is 13.9. The van der Waals surface area contributed by atoms with E-state index in [2.05, 4.69) is 15.3 Å². The molecule has 1 aromatic rings. The third kappa shape index (κ3) is 7.91. The van der Waals surface area contributed by atoms with Gasteiger partial charge < -0.3 is 24.7 Å². The number of aromatic amines is 1. The molecule has 10 nitrogen and oxygen atoms in total. The van der Waals surface area contributed by atoms with Crippen LogP contribution in [0.3, 0.4) is 0 Å². The first-order chi connectivity index (χ1) is 20.8. The number of Topliss-reactive ketones (excluding diaryl/α,β-unsaturated/α-hetero) is 1. The Morgan fingerprint density at radius 1 is 1.18 bits per heavy atom. The lowest BCUT2D eigenvalue weighted by Gasteiger charge is -2.36. The molecule has 2 heterocycles. The van der Waals surface area contributed by atoms with Crippen molar-refractivity contribution in [3.8, 4) is 0 Å². The van der Waals surface area contributed by atoms with Gasteiger partial charge in [-0.3, -0.25) is 14.4 Å². The third-order valence-corrected chi connectivity index (χ3v) is 9.52. The van der Waals surface area contributed by atoms with Crippen LogP contribution < -0.4 is 10.9 Å². The molecule has 1 saturated heterocycles. The van der Waals surface area contributed by atoms with E-state index in [4.69, 9.17) is 9.47 Å². The van der Waals surface area contributed by atoms with E-state index in [1.165, 1.54) is 0 Å². The molecule has 2 fully saturated rings. The Labute approximate surface area is 261 Å². The largest absolute Gasteiger partial charge is 0.498 e. The van der Waals surface area contributed by atoms with E-state index in [1.807, 2.05) is 54.5 Å². The van der Waals surface area contributed by atoms with Crippen molar-refractivity contribution < 1.29 is 23.9 Å². The van der Waals surface area contributed by atoms with Crippen molar-refractivity contribution in [1.82, 2.24) is 20.2 Å². The Morgan fingerprint density at radius 3 is 2.61 bits per heavy atom. The maximum Gasteiger partial charge on any atom is 0.408 e. The van der Waals surface area contributed by atoms with Crippen LogP contribution >= 0.6 is 0 Å². The molecule has 5 atom stereocenters. The maximum absolute atomic E-state index is 13.7. The van der Waals surface area contributed by atoms with Crippen molar-refractivity contribution in [2.24, 2.45) is 17.3 Å². The number of hydrogen-bond donors (Lipinski definition) is 2. The molecule has 44 heavy (non-hydrogen) atoms. The molecule has 244 valence electrons. The van der Waals surface area contributed by atoms with Crippen LogP contribution in [0.2, 0.25) is 0 Å². The van der Waals surface area contributed by atoms with Crippen molar-refractivity contribution in [1.29, 1.82) is 0 Å². The first-order valence-electron chi connectivity index (χ1n) is 16.6. The number of amides is 2. The summed E-state index contributed by atoms with van der Waals surface area (Å²) in [6.07, 6.45) is 9.15. The van der Waals surface area contributed by atoms with Gasteiger partial charge in [-0.2, -0.15) is 0 Å². The predicted octanol–water partition coefficient (Wildman–Crippen LogP) is 5.33. The number of carbonyl (C=O) groups is 3. The van der Waals surface area contributed by atoms with E-state index in [9.17, 15) is 19.2 Å². The predicted molar refractivity (Wildman–Crippen MR) is 169 cm³/mol. The summed E-state index contributed by atoms with van der Waals surface area (Å²) in [5, 5.41) is 2.86. The van der Waals surface area contributed by atoms with Gasteiger partial charge in [0, 0.05) is 31.4 Å². The van der Waals surface area contributed by atoms with Gasteiger partial charge in [0.1, 0.15) is 17.3 Å². The standard InChI is InChI=1S/C34H52N4O6/c1-8-27(39)28-21(3)17-18-38(28)31(41)29(33(4,5)6)37-32(42)44-34(7)20-22(34)13-11-10-12-14-25-30(40)36-26-19-23(43-9-2)15-16-24(26)35-25/h19,21-22,28-29H,8-18,20H2,1-7H3,(H,36,40)(H,37,42).